The van der Waals surface area contributed by atoms with Gasteiger partial charge in [-0.1, -0.05) is 111 Å². The van der Waals surface area contributed by atoms with Crippen LogP contribution in [0.5, 0.6) is 0 Å². The summed E-state index contributed by atoms with van der Waals surface area (Å²) in [6.07, 6.45) is 13.3. The fourth-order valence-electron chi connectivity index (χ4n) is 4.90. The zero-order chi connectivity index (χ0) is 30.6. The molecule has 0 aliphatic rings. The van der Waals surface area contributed by atoms with E-state index in [1.165, 1.54) is 58.8 Å². The molecular weight excluding hydrogens is 597 g/mol. The van der Waals surface area contributed by atoms with E-state index in [9.17, 15) is 47.1 Å². The molecule has 0 aromatic carbocycles. The molecule has 0 fully saturated rings. The maximum Gasteiger partial charge on any atom is 1.00 e. The van der Waals surface area contributed by atoms with E-state index in [0.717, 1.165) is 25.7 Å². The first-order valence-corrected chi connectivity index (χ1v) is 17.1. The molecule has 0 aliphatic heterocycles. The molecule has 0 saturated heterocycles. The summed E-state index contributed by atoms with van der Waals surface area (Å²) >= 11 is 0. The molecule has 0 spiro atoms. The van der Waals surface area contributed by atoms with E-state index in [1.54, 1.807) is 0 Å². The van der Waals surface area contributed by atoms with E-state index < -0.39 is 46.5 Å². The minimum atomic E-state index is -5.12. The molecule has 1 atom stereocenters. The summed E-state index contributed by atoms with van der Waals surface area (Å²) in [6, 6.07) is 0. The Morgan fingerprint density at radius 1 is 0.707 bits per heavy atom. The number of phosphoric ester groups is 1. The summed E-state index contributed by atoms with van der Waals surface area (Å²) in [5.41, 5.74) is -2.07. The third-order valence-electron chi connectivity index (χ3n) is 7.31. The van der Waals surface area contributed by atoms with Crippen LogP contribution in [0.3, 0.4) is 0 Å². The number of unbranched alkanes of at least 4 members (excludes halogenated alkanes) is 12. The molecule has 3 N–H and O–H groups in total. The number of hydrogen-bond acceptors (Lipinski definition) is 8. The summed E-state index contributed by atoms with van der Waals surface area (Å²) in [4.78, 5) is 43.8. The average Bonchev–Trinajstić information content (AvgIpc) is 2.83. The molecule has 0 saturated carbocycles. The second-order valence-electron chi connectivity index (χ2n) is 9.97. The summed E-state index contributed by atoms with van der Waals surface area (Å²) in [7, 11) is -9.86. The van der Waals surface area contributed by atoms with Crippen molar-refractivity contribution < 1.29 is 111 Å². The van der Waals surface area contributed by atoms with Crippen LogP contribution < -0.4 is 68.9 Å². The van der Waals surface area contributed by atoms with Gasteiger partial charge in [-0.3, -0.25) is 14.1 Å². The molecule has 0 aliphatic carbocycles. The predicted molar refractivity (Wildman–Crippen MR) is 147 cm³/mol. The van der Waals surface area contributed by atoms with Gasteiger partial charge in [-0.15, -0.1) is 0 Å². The van der Waals surface area contributed by atoms with Gasteiger partial charge in [-0.25, -0.2) is 0 Å². The van der Waals surface area contributed by atoms with Crippen molar-refractivity contribution in [2.45, 2.75) is 142 Å². The molecule has 0 aromatic rings. The number of phosphoric acid groups is 1. The summed E-state index contributed by atoms with van der Waals surface area (Å²) < 4.78 is 45.1. The van der Waals surface area contributed by atoms with Crippen LogP contribution >= 0.6 is 7.82 Å². The molecule has 0 aromatic heterocycles. The van der Waals surface area contributed by atoms with Crippen molar-refractivity contribution in [2.24, 2.45) is 5.41 Å². The summed E-state index contributed by atoms with van der Waals surface area (Å²) in [6.45, 7) is 7.04. The molecule has 15 heteroatoms. The summed E-state index contributed by atoms with van der Waals surface area (Å²) in [5, 5.41) is 19.1. The molecule has 0 radical (unpaired) electrons. The Kier molecular flexibility index (Phi) is 31.2. The van der Waals surface area contributed by atoms with Crippen molar-refractivity contribution in [2.75, 3.05) is 6.61 Å². The minimum Gasteiger partial charge on any atom is -0.790 e. The standard InChI is InChI=1S/C14H26O7S.C12H27O4P.2Na/c1-4-7-8-9-10-14(12(17)18,22(19,20)21)13(5-2,6-3)11(15)16;1-2-3-4-5-6-7-8-9-10-11-12-16-17(13,14)15;;/h4-10H2,1-3H3,(H,15,16)(H,17,18)(H,19,20,21);2-12H2,1H3,(H2,13,14,15);;/q;;2*+1/p-2. The van der Waals surface area contributed by atoms with E-state index >= 15 is 0 Å². The van der Waals surface area contributed by atoms with Crippen molar-refractivity contribution in [1.29, 1.82) is 0 Å². The normalized spacial score (nSPS) is 13.1. The van der Waals surface area contributed by atoms with Crippen molar-refractivity contribution in [1.82, 2.24) is 0 Å². The van der Waals surface area contributed by atoms with Crippen molar-refractivity contribution in [3.8, 4) is 0 Å². The minimum absolute atomic E-state index is 0. The molecule has 0 bridgehead atoms. The van der Waals surface area contributed by atoms with Gasteiger partial charge in [0.2, 0.25) is 4.75 Å². The van der Waals surface area contributed by atoms with Crippen LogP contribution in [0.15, 0.2) is 0 Å². The van der Waals surface area contributed by atoms with Crippen molar-refractivity contribution in [3.63, 3.8) is 0 Å². The van der Waals surface area contributed by atoms with Gasteiger partial charge in [0.05, 0.1) is 19.8 Å². The number of aliphatic carboxylic acids is 2. The molecule has 11 nitrogen and oxygen atoms in total. The maximum absolute atomic E-state index is 11.9. The van der Waals surface area contributed by atoms with Gasteiger partial charge in [0, 0.05) is 0 Å². The summed E-state index contributed by atoms with van der Waals surface area (Å²) in [5.74, 6) is -3.33. The maximum atomic E-state index is 11.9. The van der Waals surface area contributed by atoms with Gasteiger partial charge in [0.15, 0.2) is 0 Å². The van der Waals surface area contributed by atoms with Crippen LogP contribution in [0.2, 0.25) is 0 Å². The van der Waals surface area contributed by atoms with E-state index in [2.05, 4.69) is 11.4 Å². The Morgan fingerprint density at radius 2 is 1.07 bits per heavy atom. The Morgan fingerprint density at radius 3 is 1.37 bits per heavy atom. The molecule has 41 heavy (non-hydrogen) atoms. The fraction of sp³-hybridized carbons (Fsp3) is 0.923. The third kappa shape index (κ3) is 18.5. The molecule has 1 unspecified atom stereocenters. The number of rotatable bonds is 23. The Bertz CT molecular complexity index is 833. The number of carboxylic acid groups (broad SMARTS) is 2. The van der Waals surface area contributed by atoms with Gasteiger partial charge >= 0.3 is 71.1 Å². The Hall–Kier alpha value is 0.960. The van der Waals surface area contributed by atoms with Gasteiger partial charge in [0.25, 0.3) is 10.1 Å². The van der Waals surface area contributed by atoms with Gasteiger partial charge in [-0.2, -0.15) is 8.42 Å². The second kappa shape index (κ2) is 26.2. The van der Waals surface area contributed by atoms with Crippen LogP contribution in [0, 0.1) is 5.41 Å². The first-order chi connectivity index (χ1) is 18.1. The second-order valence-corrected chi connectivity index (χ2v) is 12.8. The van der Waals surface area contributed by atoms with E-state index in [0.29, 0.717) is 12.8 Å². The zero-order valence-corrected chi connectivity index (χ0v) is 31.9. The largest absolute Gasteiger partial charge is 1.00 e. The quantitative estimate of drug-likeness (QED) is 0.0549. The van der Waals surface area contributed by atoms with E-state index in [-0.39, 0.29) is 85.0 Å². The molecule has 0 heterocycles. The number of carbonyl (C=O) groups is 2. The van der Waals surface area contributed by atoms with Gasteiger partial charge in [0.1, 0.15) is 0 Å². The van der Waals surface area contributed by atoms with Crippen LogP contribution in [0.25, 0.3) is 0 Å². The first kappa shape index (κ1) is 48.9. The van der Waals surface area contributed by atoms with Gasteiger partial charge in [-0.05, 0) is 25.7 Å². The van der Waals surface area contributed by atoms with Crippen LogP contribution in [-0.2, 0) is 28.8 Å². The zero-order valence-electron chi connectivity index (χ0n) is 26.2. The van der Waals surface area contributed by atoms with E-state index in [1.807, 2.05) is 6.92 Å². The third-order valence-corrected chi connectivity index (χ3v) is 9.45. The first-order valence-electron chi connectivity index (χ1n) is 14.2. The van der Waals surface area contributed by atoms with Crippen molar-refractivity contribution in [3.05, 3.63) is 0 Å². The molecule has 234 valence electrons. The predicted octanol–water partition coefficient (Wildman–Crippen LogP) is -0.680. The van der Waals surface area contributed by atoms with Crippen molar-refractivity contribution >= 4 is 29.9 Å². The van der Waals surface area contributed by atoms with Gasteiger partial charge < -0.3 is 29.1 Å². The van der Waals surface area contributed by atoms with Crippen LogP contribution in [-0.4, -0.2) is 46.5 Å². The molecule has 0 amide bonds. The average molecular weight is 649 g/mol. The fourth-order valence-corrected chi connectivity index (χ4v) is 6.75. The SMILES string of the molecule is CCCCCCC(C(=O)O)(C(CC)(CC)C(=O)O)S(=O)(=O)O.CCCCCCCCCCCCOP(=O)([O-])[O-].[Na+].[Na+]. The molecular formula is C26H51Na2O11PS. The Labute approximate surface area is 291 Å². The van der Waals surface area contributed by atoms with Crippen LogP contribution in [0.1, 0.15) is 137 Å². The number of hydrogen-bond donors (Lipinski definition) is 3. The Balaban J connectivity index is -0.000000328. The molecule has 0 rings (SSSR count). The number of carboxylic acids is 2. The van der Waals surface area contributed by atoms with E-state index in [4.69, 9.17) is 0 Å². The monoisotopic (exact) mass is 648 g/mol. The topological polar surface area (TPSA) is 201 Å². The van der Waals surface area contributed by atoms with Crippen LogP contribution in [0.4, 0.5) is 0 Å². The smallest absolute Gasteiger partial charge is 0.790 e.